The van der Waals surface area contributed by atoms with Crippen LogP contribution in [0.5, 0.6) is 0 Å². The number of nitrogens with zero attached hydrogens (tertiary/aromatic N) is 2. The van der Waals surface area contributed by atoms with E-state index in [4.69, 9.17) is 4.42 Å². The Hall–Kier alpha value is -1.16. The zero-order valence-corrected chi connectivity index (χ0v) is 22.4. The van der Waals surface area contributed by atoms with Crippen LogP contribution in [0, 0.1) is 23.7 Å². The van der Waals surface area contributed by atoms with E-state index in [2.05, 4.69) is 79.2 Å². The average Bonchev–Trinajstić information content (AvgIpc) is 3.27. The highest BCUT2D eigenvalue weighted by Crippen LogP contribution is 2.11. The van der Waals surface area contributed by atoms with Crippen LogP contribution in [0.25, 0.3) is 0 Å². The SMILES string of the molecule is C.C.CC(C)C.CC(C)C.CC(C)CCCc1ncco1.CC(C)CCCc1nccs1. The quantitative estimate of drug-likeness (QED) is 0.385. The Bertz CT molecular complexity index is 476. The molecule has 0 saturated carbocycles. The molecule has 0 saturated heterocycles. The number of oxazole rings is 1. The molecule has 0 unspecified atom stereocenters. The number of hydrogen-bond acceptors (Lipinski definition) is 4. The molecule has 32 heavy (non-hydrogen) atoms. The van der Waals surface area contributed by atoms with E-state index in [-0.39, 0.29) is 14.9 Å². The molecule has 192 valence electrons. The van der Waals surface area contributed by atoms with Gasteiger partial charge in [0.05, 0.1) is 11.2 Å². The Labute approximate surface area is 206 Å². The summed E-state index contributed by atoms with van der Waals surface area (Å²) in [5.74, 6) is 4.14. The van der Waals surface area contributed by atoms with Crippen LogP contribution in [0.15, 0.2) is 28.5 Å². The molecule has 2 aromatic heterocycles. The molecule has 0 radical (unpaired) electrons. The molecule has 0 fully saturated rings. The van der Waals surface area contributed by atoms with Gasteiger partial charge in [-0.05, 0) is 42.9 Å². The maximum Gasteiger partial charge on any atom is 0.193 e. The molecule has 3 nitrogen and oxygen atoms in total. The second kappa shape index (κ2) is 26.1. The van der Waals surface area contributed by atoms with Crippen molar-refractivity contribution in [3.63, 3.8) is 0 Å². The molecule has 0 bridgehead atoms. The van der Waals surface area contributed by atoms with Gasteiger partial charge in [-0.2, -0.15) is 0 Å². The van der Waals surface area contributed by atoms with Crippen LogP contribution in [0.3, 0.4) is 0 Å². The van der Waals surface area contributed by atoms with Gasteiger partial charge in [0.1, 0.15) is 6.26 Å². The second-order valence-electron chi connectivity index (χ2n) is 9.89. The lowest BCUT2D eigenvalue weighted by molar-refractivity contribution is 0.465. The summed E-state index contributed by atoms with van der Waals surface area (Å²) in [4.78, 5) is 8.28. The average molecular weight is 471 g/mol. The summed E-state index contributed by atoms with van der Waals surface area (Å²) in [6, 6.07) is 0. The van der Waals surface area contributed by atoms with Gasteiger partial charge in [-0.15, -0.1) is 11.3 Å². The van der Waals surface area contributed by atoms with E-state index in [0.29, 0.717) is 0 Å². The van der Waals surface area contributed by atoms with Gasteiger partial charge >= 0.3 is 0 Å². The minimum absolute atomic E-state index is 0. The number of aromatic nitrogens is 2. The van der Waals surface area contributed by atoms with E-state index < -0.39 is 0 Å². The first kappa shape index (κ1) is 38.1. The molecule has 2 aromatic rings. The highest BCUT2D eigenvalue weighted by molar-refractivity contribution is 7.09. The standard InChI is InChI=1S/C9H15NO.C9H15NS.2C4H10.2CH4/c2*1-8(2)4-3-5-9-10-6-7-11-9;2*1-4(2)3;;/h2*6-8H,3-5H2,1-2H3;2*4H,1-3H3;2*1H4. The highest BCUT2D eigenvalue weighted by Gasteiger charge is 1.98. The van der Waals surface area contributed by atoms with Crippen molar-refractivity contribution in [1.29, 1.82) is 0 Å². The minimum Gasteiger partial charge on any atom is -0.449 e. The molecule has 0 aliphatic heterocycles. The summed E-state index contributed by atoms with van der Waals surface area (Å²) in [5, 5.41) is 3.33. The smallest absolute Gasteiger partial charge is 0.193 e. The minimum atomic E-state index is 0. The normalized spacial score (nSPS) is 9.69. The summed E-state index contributed by atoms with van der Waals surface area (Å²) >= 11 is 1.76. The summed E-state index contributed by atoms with van der Waals surface area (Å²) in [7, 11) is 0. The number of hydrogen-bond donors (Lipinski definition) is 0. The van der Waals surface area contributed by atoms with E-state index >= 15 is 0 Å². The Morgan fingerprint density at radius 2 is 1.19 bits per heavy atom. The van der Waals surface area contributed by atoms with Crippen molar-refractivity contribution >= 4 is 11.3 Å². The monoisotopic (exact) mass is 470 g/mol. The molecule has 0 atom stereocenters. The fourth-order valence-corrected chi connectivity index (χ4v) is 2.74. The molecule has 0 N–H and O–H groups in total. The first-order valence-electron chi connectivity index (χ1n) is 11.8. The van der Waals surface area contributed by atoms with Crippen molar-refractivity contribution < 1.29 is 4.42 Å². The van der Waals surface area contributed by atoms with E-state index in [1.54, 1.807) is 23.8 Å². The molecule has 2 rings (SSSR count). The maximum absolute atomic E-state index is 5.10. The van der Waals surface area contributed by atoms with Crippen molar-refractivity contribution in [1.82, 2.24) is 9.97 Å². The predicted octanol–water partition coefficient (Wildman–Crippen LogP) is 10.4. The Balaban J connectivity index is -0.000000177. The molecule has 0 aliphatic carbocycles. The van der Waals surface area contributed by atoms with Crippen LogP contribution in [0.2, 0.25) is 0 Å². The molecule has 0 amide bonds. The summed E-state index contributed by atoms with van der Waals surface area (Å²) < 4.78 is 5.10. The van der Waals surface area contributed by atoms with Gasteiger partial charge in [0.25, 0.3) is 0 Å². The van der Waals surface area contributed by atoms with E-state index in [1.807, 2.05) is 11.6 Å². The fourth-order valence-electron chi connectivity index (χ4n) is 2.08. The number of thiazole rings is 1. The Morgan fingerprint density at radius 1 is 0.719 bits per heavy atom. The topological polar surface area (TPSA) is 38.9 Å². The van der Waals surface area contributed by atoms with E-state index in [9.17, 15) is 0 Å². The van der Waals surface area contributed by atoms with Crippen LogP contribution >= 0.6 is 11.3 Å². The first-order valence-corrected chi connectivity index (χ1v) is 12.7. The Kier molecular flexibility index (Phi) is 31.1. The van der Waals surface area contributed by atoms with Gasteiger partial charge in [0, 0.05) is 18.0 Å². The third-order valence-corrected chi connectivity index (χ3v) is 4.15. The summed E-state index contributed by atoms with van der Waals surface area (Å²) in [6.45, 7) is 22.0. The molecular formula is C28H58N2OS. The van der Waals surface area contributed by atoms with Gasteiger partial charge in [-0.25, -0.2) is 9.97 Å². The third kappa shape index (κ3) is 36.2. The van der Waals surface area contributed by atoms with Crippen LogP contribution in [0.1, 0.15) is 121 Å². The molecule has 2 heterocycles. The van der Waals surface area contributed by atoms with Crippen molar-refractivity contribution in [3.8, 4) is 0 Å². The molecule has 0 spiro atoms. The Morgan fingerprint density at radius 3 is 1.53 bits per heavy atom. The van der Waals surface area contributed by atoms with Gasteiger partial charge in [0.2, 0.25) is 0 Å². The lowest BCUT2D eigenvalue weighted by Gasteiger charge is -2.01. The van der Waals surface area contributed by atoms with Crippen LogP contribution in [-0.2, 0) is 12.8 Å². The van der Waals surface area contributed by atoms with Crippen molar-refractivity contribution in [3.05, 3.63) is 34.9 Å². The van der Waals surface area contributed by atoms with Crippen molar-refractivity contribution in [2.45, 2.75) is 123 Å². The molecule has 4 heteroatoms. The number of rotatable bonds is 8. The van der Waals surface area contributed by atoms with Gasteiger partial charge in [-0.3, -0.25) is 0 Å². The van der Waals surface area contributed by atoms with Gasteiger partial charge < -0.3 is 4.42 Å². The van der Waals surface area contributed by atoms with Gasteiger partial charge in [0.15, 0.2) is 5.89 Å². The van der Waals surface area contributed by atoms with Crippen LogP contribution < -0.4 is 0 Å². The van der Waals surface area contributed by atoms with Crippen LogP contribution in [0.4, 0.5) is 0 Å². The van der Waals surface area contributed by atoms with Gasteiger partial charge in [-0.1, -0.05) is 96.9 Å². The van der Waals surface area contributed by atoms with Crippen molar-refractivity contribution in [2.75, 3.05) is 0 Å². The van der Waals surface area contributed by atoms with Crippen LogP contribution in [-0.4, -0.2) is 9.97 Å². The summed E-state index contributed by atoms with van der Waals surface area (Å²) in [6.07, 6.45) is 12.4. The lowest BCUT2D eigenvalue weighted by atomic mass is 10.1. The summed E-state index contributed by atoms with van der Waals surface area (Å²) in [5.41, 5.74) is 0. The first-order chi connectivity index (χ1) is 14.0. The zero-order chi connectivity index (χ0) is 23.4. The molecule has 0 aromatic carbocycles. The van der Waals surface area contributed by atoms with Crippen molar-refractivity contribution in [2.24, 2.45) is 23.7 Å². The van der Waals surface area contributed by atoms with E-state index in [0.717, 1.165) is 42.4 Å². The molecule has 0 aliphatic rings. The highest BCUT2D eigenvalue weighted by atomic mass is 32.1. The van der Waals surface area contributed by atoms with E-state index in [1.165, 1.54) is 30.7 Å². The largest absolute Gasteiger partial charge is 0.449 e. The maximum atomic E-state index is 5.10. The zero-order valence-electron chi connectivity index (χ0n) is 21.6. The molecular weight excluding hydrogens is 412 g/mol. The third-order valence-electron chi connectivity index (χ3n) is 3.31. The predicted molar refractivity (Wildman–Crippen MR) is 149 cm³/mol. The fraction of sp³-hybridized carbons (Fsp3) is 0.786. The lowest BCUT2D eigenvalue weighted by Crippen LogP contribution is -1.90. The second-order valence-corrected chi connectivity index (χ2v) is 10.9. The number of aryl methyl sites for hydroxylation is 2.